The normalized spacial score (nSPS) is 33.1. The van der Waals surface area contributed by atoms with Crippen molar-refractivity contribution in [2.24, 2.45) is 5.92 Å². The Balaban J connectivity index is 1.38. The van der Waals surface area contributed by atoms with Gasteiger partial charge in [-0.15, -0.1) is 10.2 Å². The SMILES string of the molecule is C(c1nn2c(C3CC3)nnc2s1)C1CC2CCC(C1)N2. The van der Waals surface area contributed by atoms with Crippen LogP contribution in [0.5, 0.6) is 0 Å². The number of aromatic nitrogens is 4. The van der Waals surface area contributed by atoms with Crippen LogP contribution in [-0.4, -0.2) is 31.9 Å². The zero-order valence-corrected chi connectivity index (χ0v) is 12.3. The van der Waals surface area contributed by atoms with Crippen LogP contribution in [0.4, 0.5) is 0 Å². The summed E-state index contributed by atoms with van der Waals surface area (Å²) in [5, 5.41) is 18.3. The van der Waals surface area contributed by atoms with Crippen LogP contribution in [0, 0.1) is 5.92 Å². The van der Waals surface area contributed by atoms with E-state index in [2.05, 4.69) is 15.5 Å². The molecule has 2 atom stereocenters. The third-order valence-electron chi connectivity index (χ3n) is 5.03. The summed E-state index contributed by atoms with van der Waals surface area (Å²) in [5.74, 6) is 2.52. The Kier molecular flexibility index (Phi) is 2.47. The Hall–Kier alpha value is -1.01. The predicted molar refractivity (Wildman–Crippen MR) is 77.0 cm³/mol. The molecule has 0 spiro atoms. The minimum absolute atomic E-state index is 0.620. The smallest absolute Gasteiger partial charge is 0.234 e. The van der Waals surface area contributed by atoms with E-state index in [-0.39, 0.29) is 0 Å². The van der Waals surface area contributed by atoms with E-state index in [1.807, 2.05) is 4.52 Å². The van der Waals surface area contributed by atoms with Crippen molar-refractivity contribution in [3.05, 3.63) is 10.8 Å². The predicted octanol–water partition coefficient (Wildman–Crippen LogP) is 2.14. The highest BCUT2D eigenvalue weighted by molar-refractivity contribution is 7.16. The molecule has 3 fully saturated rings. The van der Waals surface area contributed by atoms with Gasteiger partial charge >= 0.3 is 0 Å². The Morgan fingerprint density at radius 3 is 2.65 bits per heavy atom. The summed E-state index contributed by atoms with van der Waals surface area (Å²) in [6.45, 7) is 0. The molecule has 3 aliphatic rings. The van der Waals surface area contributed by atoms with Crippen molar-refractivity contribution in [2.45, 2.75) is 62.9 Å². The fourth-order valence-electron chi connectivity index (χ4n) is 3.94. The number of nitrogens with zero attached hydrogens (tertiary/aromatic N) is 4. The summed E-state index contributed by atoms with van der Waals surface area (Å²) in [5.41, 5.74) is 0. The van der Waals surface area contributed by atoms with Gasteiger partial charge in [-0.2, -0.15) is 9.61 Å². The fourth-order valence-corrected chi connectivity index (χ4v) is 4.89. The standard InChI is InChI=1S/C14H19N5S/c1-2-9(1)13-16-17-14-19(13)18-12(20-14)7-8-5-10-3-4-11(6-8)15-10/h8-11,15H,1-7H2. The van der Waals surface area contributed by atoms with Crippen molar-refractivity contribution in [3.63, 3.8) is 0 Å². The molecule has 4 heterocycles. The quantitative estimate of drug-likeness (QED) is 0.940. The highest BCUT2D eigenvalue weighted by Gasteiger charge is 2.34. The molecule has 0 aromatic carbocycles. The summed E-state index contributed by atoms with van der Waals surface area (Å²) in [4.78, 5) is 0.985. The average molecular weight is 289 g/mol. The molecule has 1 saturated carbocycles. The van der Waals surface area contributed by atoms with Crippen molar-refractivity contribution in [3.8, 4) is 0 Å². The van der Waals surface area contributed by atoms with Crippen LogP contribution in [-0.2, 0) is 6.42 Å². The van der Waals surface area contributed by atoms with Crippen molar-refractivity contribution in [1.29, 1.82) is 0 Å². The van der Waals surface area contributed by atoms with Crippen LogP contribution in [0.15, 0.2) is 0 Å². The molecule has 5 rings (SSSR count). The van der Waals surface area contributed by atoms with Gasteiger partial charge in [0.1, 0.15) is 5.01 Å². The fraction of sp³-hybridized carbons (Fsp3) is 0.786. The molecule has 2 bridgehead atoms. The van der Waals surface area contributed by atoms with Gasteiger partial charge < -0.3 is 5.32 Å². The van der Waals surface area contributed by atoms with Gasteiger partial charge in [0.2, 0.25) is 4.96 Å². The Morgan fingerprint density at radius 2 is 1.90 bits per heavy atom. The van der Waals surface area contributed by atoms with Crippen LogP contribution < -0.4 is 5.32 Å². The zero-order chi connectivity index (χ0) is 13.1. The van der Waals surface area contributed by atoms with E-state index < -0.39 is 0 Å². The second-order valence-corrected chi connectivity index (χ2v) is 7.74. The topological polar surface area (TPSA) is 55.1 Å². The third kappa shape index (κ3) is 1.89. The zero-order valence-electron chi connectivity index (χ0n) is 11.5. The maximum Gasteiger partial charge on any atom is 0.234 e. The van der Waals surface area contributed by atoms with E-state index in [0.717, 1.165) is 35.2 Å². The lowest BCUT2D eigenvalue weighted by atomic mass is 9.90. The minimum atomic E-state index is 0.620. The van der Waals surface area contributed by atoms with Gasteiger partial charge in [0.15, 0.2) is 5.82 Å². The Labute approximate surface area is 121 Å². The average Bonchev–Trinajstić information content (AvgIpc) is 2.95. The van der Waals surface area contributed by atoms with Gasteiger partial charge in [-0.3, -0.25) is 0 Å². The summed E-state index contributed by atoms with van der Waals surface area (Å²) in [7, 11) is 0. The molecule has 2 saturated heterocycles. The number of hydrogen-bond donors (Lipinski definition) is 1. The van der Waals surface area contributed by atoms with Crippen LogP contribution in [0.3, 0.4) is 0 Å². The van der Waals surface area contributed by atoms with Crippen molar-refractivity contribution >= 4 is 16.3 Å². The summed E-state index contributed by atoms with van der Waals surface area (Å²) in [6.07, 6.45) is 9.04. The third-order valence-corrected chi connectivity index (χ3v) is 5.95. The van der Waals surface area contributed by atoms with E-state index in [4.69, 9.17) is 5.10 Å². The monoisotopic (exact) mass is 289 g/mol. The molecule has 0 amide bonds. The van der Waals surface area contributed by atoms with Crippen LogP contribution in [0.2, 0.25) is 0 Å². The molecule has 106 valence electrons. The lowest BCUT2D eigenvalue weighted by Gasteiger charge is -2.28. The first-order valence-electron chi connectivity index (χ1n) is 7.82. The van der Waals surface area contributed by atoms with Crippen molar-refractivity contribution in [1.82, 2.24) is 25.1 Å². The number of hydrogen-bond acceptors (Lipinski definition) is 5. The van der Waals surface area contributed by atoms with Gasteiger partial charge in [-0.05, 0) is 44.4 Å². The largest absolute Gasteiger partial charge is 0.311 e. The van der Waals surface area contributed by atoms with Gasteiger partial charge in [0, 0.05) is 24.4 Å². The molecular weight excluding hydrogens is 270 g/mol. The molecule has 2 aliphatic heterocycles. The molecule has 20 heavy (non-hydrogen) atoms. The first-order valence-corrected chi connectivity index (χ1v) is 8.64. The van der Waals surface area contributed by atoms with E-state index >= 15 is 0 Å². The highest BCUT2D eigenvalue weighted by atomic mass is 32.1. The molecule has 2 unspecified atom stereocenters. The highest BCUT2D eigenvalue weighted by Crippen LogP contribution is 2.39. The van der Waals surface area contributed by atoms with Gasteiger partial charge in [-0.1, -0.05) is 11.3 Å². The van der Waals surface area contributed by atoms with Crippen LogP contribution >= 0.6 is 11.3 Å². The lowest BCUT2D eigenvalue weighted by Crippen LogP contribution is -2.38. The first-order chi connectivity index (χ1) is 9.85. The number of piperidine rings is 1. The molecule has 6 heteroatoms. The summed E-state index contributed by atoms with van der Waals surface area (Å²) in [6, 6.07) is 1.54. The van der Waals surface area contributed by atoms with Gasteiger partial charge in [-0.25, -0.2) is 0 Å². The Morgan fingerprint density at radius 1 is 1.10 bits per heavy atom. The maximum atomic E-state index is 4.79. The molecule has 2 aromatic heterocycles. The van der Waals surface area contributed by atoms with E-state index in [1.165, 1.54) is 43.5 Å². The summed E-state index contributed by atoms with van der Waals surface area (Å²) >= 11 is 1.74. The maximum absolute atomic E-state index is 4.79. The van der Waals surface area contributed by atoms with E-state index in [0.29, 0.717) is 5.92 Å². The number of fused-ring (bicyclic) bond motifs is 3. The summed E-state index contributed by atoms with van der Waals surface area (Å²) < 4.78 is 2.01. The van der Waals surface area contributed by atoms with Crippen molar-refractivity contribution < 1.29 is 0 Å². The van der Waals surface area contributed by atoms with Gasteiger partial charge in [0.05, 0.1) is 0 Å². The molecule has 1 aliphatic carbocycles. The number of nitrogens with one attached hydrogen (secondary N) is 1. The minimum Gasteiger partial charge on any atom is -0.311 e. The van der Waals surface area contributed by atoms with Crippen LogP contribution in [0.25, 0.3) is 4.96 Å². The number of rotatable bonds is 3. The second kappa shape index (κ2) is 4.24. The molecule has 1 N–H and O–H groups in total. The second-order valence-electron chi connectivity index (χ2n) is 6.70. The van der Waals surface area contributed by atoms with Crippen molar-refractivity contribution in [2.75, 3.05) is 0 Å². The lowest BCUT2D eigenvalue weighted by molar-refractivity contribution is 0.298. The first kappa shape index (κ1) is 11.6. The van der Waals surface area contributed by atoms with Crippen LogP contribution in [0.1, 0.15) is 55.3 Å². The van der Waals surface area contributed by atoms with Gasteiger partial charge in [0.25, 0.3) is 0 Å². The molecular formula is C14H19N5S. The molecule has 5 nitrogen and oxygen atoms in total. The molecule has 0 radical (unpaired) electrons. The molecule has 2 aromatic rings. The van der Waals surface area contributed by atoms with E-state index in [9.17, 15) is 0 Å². The van der Waals surface area contributed by atoms with E-state index in [1.54, 1.807) is 11.3 Å². The Bertz CT molecular complexity index is 631.